The lowest BCUT2D eigenvalue weighted by atomic mass is 9.84. The molecule has 1 aliphatic rings. The van der Waals surface area contributed by atoms with E-state index in [1.54, 1.807) is 37.3 Å². The van der Waals surface area contributed by atoms with Crippen molar-refractivity contribution in [3.8, 4) is 0 Å². The van der Waals surface area contributed by atoms with Crippen LogP contribution in [0.2, 0.25) is 5.02 Å². The van der Waals surface area contributed by atoms with Gasteiger partial charge < -0.3 is 0 Å². The molecule has 0 saturated carbocycles. The highest BCUT2D eigenvalue weighted by molar-refractivity contribution is 7.92. The number of carbonyl (C=O) groups is 2. The van der Waals surface area contributed by atoms with E-state index in [9.17, 15) is 18.0 Å². The van der Waals surface area contributed by atoms with Crippen molar-refractivity contribution in [3.63, 3.8) is 0 Å². The highest BCUT2D eigenvalue weighted by atomic mass is 35.5. The van der Waals surface area contributed by atoms with Gasteiger partial charge in [-0.25, -0.2) is 8.42 Å². The summed E-state index contributed by atoms with van der Waals surface area (Å²) in [7, 11) is -4.12. The number of carbonyl (C=O) groups excluding carboxylic acids is 2. The van der Waals surface area contributed by atoms with Crippen molar-refractivity contribution in [3.05, 3.63) is 93.5 Å². The second kappa shape index (κ2) is 6.58. The smallest absolute Gasteiger partial charge is 0.262 e. The molecule has 3 aromatic carbocycles. The molecule has 0 aliphatic heterocycles. The van der Waals surface area contributed by atoms with Crippen molar-refractivity contribution in [1.29, 1.82) is 0 Å². The Labute approximate surface area is 167 Å². The maximum Gasteiger partial charge on any atom is 0.262 e. The molecule has 0 atom stereocenters. The van der Waals surface area contributed by atoms with Crippen molar-refractivity contribution in [2.24, 2.45) is 0 Å². The topological polar surface area (TPSA) is 80.3 Å². The maximum absolute atomic E-state index is 13.0. The lowest BCUT2D eigenvalue weighted by Crippen LogP contribution is -2.25. The van der Waals surface area contributed by atoms with E-state index >= 15 is 0 Å². The maximum atomic E-state index is 13.0. The van der Waals surface area contributed by atoms with Gasteiger partial charge in [-0.1, -0.05) is 54.1 Å². The third-order valence-electron chi connectivity index (χ3n) is 4.63. The molecule has 7 heteroatoms. The SMILES string of the molecule is Cc1ccc(NS(=O)(=O)c2cccc3c2C(=O)c2ccccc2C3=O)cc1Cl. The molecule has 0 saturated heterocycles. The predicted molar refractivity (Wildman–Crippen MR) is 107 cm³/mol. The van der Waals surface area contributed by atoms with Crippen LogP contribution in [0.3, 0.4) is 0 Å². The number of nitrogens with one attached hydrogen (secondary N) is 1. The van der Waals surface area contributed by atoms with Crippen molar-refractivity contribution in [2.75, 3.05) is 4.72 Å². The fraction of sp³-hybridized carbons (Fsp3) is 0.0476. The van der Waals surface area contributed by atoms with Gasteiger partial charge in [-0.3, -0.25) is 14.3 Å². The van der Waals surface area contributed by atoms with Gasteiger partial charge in [0.25, 0.3) is 10.0 Å². The quantitative estimate of drug-likeness (QED) is 0.547. The van der Waals surface area contributed by atoms with Crippen LogP contribution in [-0.2, 0) is 10.0 Å². The molecule has 28 heavy (non-hydrogen) atoms. The fourth-order valence-electron chi connectivity index (χ4n) is 3.20. The summed E-state index contributed by atoms with van der Waals surface area (Å²) in [5, 5.41) is 0.412. The molecule has 0 radical (unpaired) electrons. The molecule has 0 amide bonds. The Bertz CT molecular complexity index is 1270. The lowest BCUT2D eigenvalue weighted by molar-refractivity contribution is 0.0976. The van der Waals surface area contributed by atoms with Crippen LogP contribution in [0.15, 0.2) is 65.6 Å². The van der Waals surface area contributed by atoms with Crippen LogP contribution in [-0.4, -0.2) is 20.0 Å². The Morgan fingerprint density at radius 1 is 0.821 bits per heavy atom. The first-order valence-electron chi connectivity index (χ1n) is 8.40. The average molecular weight is 412 g/mol. The molecule has 0 unspecified atom stereocenters. The van der Waals surface area contributed by atoms with E-state index in [-0.39, 0.29) is 38.6 Å². The van der Waals surface area contributed by atoms with E-state index in [1.165, 1.54) is 30.3 Å². The molecule has 1 N–H and O–H groups in total. The Kier molecular flexibility index (Phi) is 4.33. The van der Waals surface area contributed by atoms with E-state index < -0.39 is 15.8 Å². The average Bonchev–Trinajstić information content (AvgIpc) is 2.68. The van der Waals surface area contributed by atoms with E-state index in [0.29, 0.717) is 5.02 Å². The predicted octanol–water partition coefficient (Wildman–Crippen LogP) is 4.22. The number of halogens is 1. The Hall–Kier alpha value is -2.96. The highest BCUT2D eigenvalue weighted by Crippen LogP contribution is 2.32. The summed E-state index contributed by atoms with van der Waals surface area (Å²) < 4.78 is 28.5. The molecule has 0 aromatic heterocycles. The number of anilines is 1. The van der Waals surface area contributed by atoms with Crippen LogP contribution in [0.4, 0.5) is 5.69 Å². The van der Waals surface area contributed by atoms with Gasteiger partial charge in [0, 0.05) is 21.7 Å². The van der Waals surface area contributed by atoms with Crippen LogP contribution < -0.4 is 4.72 Å². The zero-order valence-corrected chi connectivity index (χ0v) is 16.3. The summed E-state index contributed by atoms with van der Waals surface area (Å²) >= 11 is 6.07. The zero-order valence-electron chi connectivity index (χ0n) is 14.7. The molecule has 3 aromatic rings. The van der Waals surface area contributed by atoms with Gasteiger partial charge in [0.1, 0.15) is 0 Å². The summed E-state index contributed by atoms with van der Waals surface area (Å²) in [4.78, 5) is 25.6. The standard InChI is InChI=1S/C21H14ClNO4S/c1-12-9-10-13(11-17(12)22)23-28(26,27)18-8-4-7-16-19(18)21(25)15-6-3-2-5-14(15)20(16)24/h2-11,23H,1H3. The Balaban J connectivity index is 1.85. The van der Waals surface area contributed by atoms with Crippen LogP contribution in [0.25, 0.3) is 0 Å². The summed E-state index contributed by atoms with van der Waals surface area (Å²) in [6, 6.07) is 15.4. The van der Waals surface area contributed by atoms with E-state index in [4.69, 9.17) is 11.6 Å². The Morgan fingerprint density at radius 3 is 2.14 bits per heavy atom. The number of sulfonamides is 1. The molecule has 0 heterocycles. The number of fused-ring (bicyclic) bond motifs is 2. The van der Waals surface area contributed by atoms with E-state index in [1.807, 2.05) is 0 Å². The minimum Gasteiger partial charge on any atom is -0.289 e. The lowest BCUT2D eigenvalue weighted by Gasteiger charge is -2.20. The van der Waals surface area contributed by atoms with Crippen LogP contribution in [0.5, 0.6) is 0 Å². The first-order valence-corrected chi connectivity index (χ1v) is 10.3. The minimum absolute atomic E-state index is 0.0773. The normalized spacial score (nSPS) is 13.1. The number of hydrogen-bond donors (Lipinski definition) is 1. The minimum atomic E-state index is -4.12. The van der Waals surface area contributed by atoms with Crippen LogP contribution >= 0.6 is 11.6 Å². The van der Waals surface area contributed by atoms with Gasteiger partial charge >= 0.3 is 0 Å². The van der Waals surface area contributed by atoms with Gasteiger partial charge in [-0.15, -0.1) is 0 Å². The summed E-state index contributed by atoms with van der Waals surface area (Å²) in [6.45, 7) is 1.80. The monoisotopic (exact) mass is 411 g/mol. The molecule has 140 valence electrons. The number of aryl methyl sites for hydroxylation is 1. The first kappa shape index (κ1) is 18.4. The fourth-order valence-corrected chi connectivity index (χ4v) is 4.66. The summed E-state index contributed by atoms with van der Waals surface area (Å²) in [6.07, 6.45) is 0. The second-order valence-corrected chi connectivity index (χ2v) is 8.51. The van der Waals surface area contributed by atoms with Gasteiger partial charge in [0.05, 0.1) is 16.1 Å². The van der Waals surface area contributed by atoms with Gasteiger partial charge in [-0.2, -0.15) is 0 Å². The highest BCUT2D eigenvalue weighted by Gasteiger charge is 2.34. The molecule has 0 spiro atoms. The summed E-state index contributed by atoms with van der Waals surface area (Å²) in [5.74, 6) is -0.867. The Morgan fingerprint density at radius 2 is 1.46 bits per heavy atom. The van der Waals surface area contributed by atoms with E-state index in [2.05, 4.69) is 4.72 Å². The number of benzene rings is 3. The van der Waals surface area contributed by atoms with Crippen molar-refractivity contribution >= 4 is 38.9 Å². The largest absolute Gasteiger partial charge is 0.289 e. The molecule has 5 nitrogen and oxygen atoms in total. The zero-order chi connectivity index (χ0) is 20.1. The molecule has 1 aliphatic carbocycles. The number of rotatable bonds is 3. The van der Waals surface area contributed by atoms with Gasteiger partial charge in [-0.05, 0) is 30.7 Å². The van der Waals surface area contributed by atoms with Crippen molar-refractivity contribution in [1.82, 2.24) is 0 Å². The first-order chi connectivity index (χ1) is 13.3. The molecule has 4 rings (SSSR count). The van der Waals surface area contributed by atoms with Gasteiger partial charge in [0.2, 0.25) is 0 Å². The summed E-state index contributed by atoms with van der Waals surface area (Å²) in [5.41, 5.74) is 1.50. The van der Waals surface area contributed by atoms with Crippen molar-refractivity contribution < 1.29 is 18.0 Å². The second-order valence-electron chi connectivity index (χ2n) is 6.45. The van der Waals surface area contributed by atoms with Gasteiger partial charge in [0.15, 0.2) is 11.6 Å². The molecular formula is C21H14ClNO4S. The molecular weight excluding hydrogens is 398 g/mol. The number of hydrogen-bond acceptors (Lipinski definition) is 4. The third-order valence-corrected chi connectivity index (χ3v) is 6.46. The number of ketones is 2. The van der Waals surface area contributed by atoms with Crippen LogP contribution in [0, 0.1) is 6.92 Å². The van der Waals surface area contributed by atoms with E-state index in [0.717, 1.165) is 5.56 Å². The molecule has 0 fully saturated rings. The third kappa shape index (κ3) is 2.91. The molecule has 0 bridgehead atoms. The van der Waals surface area contributed by atoms with Crippen LogP contribution in [0.1, 0.15) is 37.4 Å². The van der Waals surface area contributed by atoms with Crippen molar-refractivity contribution in [2.45, 2.75) is 11.8 Å².